The van der Waals surface area contributed by atoms with E-state index in [1.165, 1.54) is 0 Å². The lowest BCUT2D eigenvalue weighted by Crippen LogP contribution is -2.63. The van der Waals surface area contributed by atoms with Gasteiger partial charge in [0, 0.05) is 18.8 Å². The van der Waals surface area contributed by atoms with Crippen LogP contribution in [0.25, 0.3) is 0 Å². The van der Waals surface area contributed by atoms with Crippen molar-refractivity contribution in [3.8, 4) is 0 Å². The van der Waals surface area contributed by atoms with Crippen molar-refractivity contribution in [2.24, 2.45) is 11.8 Å². The monoisotopic (exact) mass is 595 g/mol. The molecule has 5 rings (SSSR count). The fourth-order valence-electron chi connectivity index (χ4n) is 7.26. The molecule has 3 heterocycles. The van der Waals surface area contributed by atoms with Gasteiger partial charge in [-0.1, -0.05) is 0 Å². The zero-order valence-corrected chi connectivity index (χ0v) is 23.2. The van der Waals surface area contributed by atoms with Gasteiger partial charge in [-0.3, -0.25) is 0 Å². The van der Waals surface area contributed by atoms with Crippen LogP contribution in [0.4, 0.5) is 0 Å². The average Bonchev–Trinajstić information content (AvgIpc) is 2.95. The highest BCUT2D eigenvalue weighted by atomic mass is 16.7. The molecule has 6 unspecified atom stereocenters. The molecule has 2 saturated carbocycles. The molecular formula is C27H47O14+. The van der Waals surface area contributed by atoms with Gasteiger partial charge in [0.15, 0.2) is 24.8 Å². The molecule has 0 spiro atoms. The van der Waals surface area contributed by atoms with Gasteiger partial charge in [0.2, 0.25) is 0 Å². The van der Waals surface area contributed by atoms with E-state index in [0.29, 0.717) is 38.5 Å². The van der Waals surface area contributed by atoms with Crippen LogP contribution in [0, 0.1) is 11.8 Å². The Labute approximate surface area is 238 Å². The van der Waals surface area contributed by atoms with Crippen molar-refractivity contribution in [3.63, 3.8) is 0 Å². The van der Waals surface area contributed by atoms with E-state index < -0.39 is 86.3 Å². The number of hydrogen-bond donors (Lipinski definition) is 9. The topological polar surface area (TPSA) is 232 Å². The van der Waals surface area contributed by atoms with Gasteiger partial charge in [-0.25, -0.2) is 0 Å². The van der Waals surface area contributed by atoms with Crippen LogP contribution in [-0.4, -0.2) is 155 Å². The fourth-order valence-corrected chi connectivity index (χ4v) is 7.26. The first-order valence-electron chi connectivity index (χ1n) is 14.9. The van der Waals surface area contributed by atoms with E-state index >= 15 is 0 Å². The molecule has 0 bridgehead atoms. The van der Waals surface area contributed by atoms with Crippen LogP contribution >= 0.6 is 0 Å². The third-order valence-corrected chi connectivity index (χ3v) is 9.74. The van der Waals surface area contributed by atoms with E-state index in [-0.39, 0.29) is 36.6 Å². The van der Waals surface area contributed by atoms with Crippen LogP contribution in [0.3, 0.4) is 0 Å². The summed E-state index contributed by atoms with van der Waals surface area (Å²) in [6, 6.07) is 0. The first-order valence-corrected chi connectivity index (χ1v) is 14.9. The molecular weight excluding hydrogens is 548 g/mol. The maximum Gasteiger partial charge on any atom is 0.187 e. The molecule has 3 aliphatic heterocycles. The first kappa shape index (κ1) is 31.9. The summed E-state index contributed by atoms with van der Waals surface area (Å²) in [5.74, 6) is -0.253. The lowest BCUT2D eigenvalue weighted by Gasteiger charge is -2.49. The summed E-state index contributed by atoms with van der Waals surface area (Å²) in [6.07, 6.45) is -13.0. The molecule has 16 atom stereocenters. The van der Waals surface area contributed by atoms with Crippen molar-refractivity contribution >= 4 is 0 Å². The van der Waals surface area contributed by atoms with Crippen LogP contribution in [0.15, 0.2) is 0 Å². The lowest BCUT2D eigenvalue weighted by molar-refractivity contribution is -0.364. The molecule has 5 fully saturated rings. The summed E-state index contributed by atoms with van der Waals surface area (Å²) in [7, 11) is 0. The molecule has 0 aromatic heterocycles. The van der Waals surface area contributed by atoms with E-state index in [0.717, 1.165) is 0 Å². The largest absolute Gasteiger partial charge is 0.427 e. The summed E-state index contributed by atoms with van der Waals surface area (Å²) in [5, 5.41) is 92.5. The normalized spacial score (nSPS) is 54.9. The molecule has 0 aromatic rings. The Kier molecular flexibility index (Phi) is 10.3. The number of hydrogen-bond acceptors (Lipinski definition) is 13. The van der Waals surface area contributed by atoms with Crippen molar-refractivity contribution in [1.29, 1.82) is 0 Å². The Hall–Kier alpha value is -0.560. The van der Waals surface area contributed by atoms with Crippen LogP contribution in [0.1, 0.15) is 51.9 Å². The summed E-state index contributed by atoms with van der Waals surface area (Å²) >= 11 is 0. The third kappa shape index (κ3) is 6.61. The second-order valence-electron chi connectivity index (χ2n) is 12.5. The minimum atomic E-state index is -1.61. The van der Waals surface area contributed by atoms with E-state index in [1.54, 1.807) is 6.92 Å². The molecule has 0 radical (unpaired) electrons. The maximum atomic E-state index is 10.7. The summed E-state index contributed by atoms with van der Waals surface area (Å²) < 4.78 is 28.9. The van der Waals surface area contributed by atoms with Crippen molar-refractivity contribution in [1.82, 2.24) is 0 Å². The molecule has 14 nitrogen and oxygen atoms in total. The number of rotatable bonds is 6. The number of aliphatic hydroxyl groups excluding tert-OH is 9. The van der Waals surface area contributed by atoms with Crippen molar-refractivity contribution < 1.29 is 69.6 Å². The zero-order chi connectivity index (χ0) is 29.6. The van der Waals surface area contributed by atoms with Crippen molar-refractivity contribution in [3.05, 3.63) is 0 Å². The molecule has 41 heavy (non-hydrogen) atoms. The standard InChI is InChI=1S/C27H46O14/c1-10-19(31)21(33)23(35)26(37-10)40-17-8-14-15(38-25(17)11-2-4-12(29)5-3-11)6-13(30)7-16(14)39-27-24(36)22(34)20(32)18(9-28)41-27/h10-36H,2-9H2,1H3/p+1/t10-,11?,12?,13?,14?,15?,16?,17?,18-,19-,20-,21-,22-,23-,24-,25?,26+,27-/m0/s1. The molecule has 0 amide bonds. The number of aliphatic hydroxyl groups is 11. The molecule has 3 saturated heterocycles. The third-order valence-electron chi connectivity index (χ3n) is 9.74. The molecule has 14 heteroatoms. The van der Waals surface area contributed by atoms with Gasteiger partial charge >= 0.3 is 0 Å². The molecule has 2 aliphatic carbocycles. The summed E-state index contributed by atoms with van der Waals surface area (Å²) in [5.41, 5.74) is 0. The van der Waals surface area contributed by atoms with Gasteiger partial charge < -0.3 is 69.6 Å². The van der Waals surface area contributed by atoms with Gasteiger partial charge in [0.1, 0.15) is 48.8 Å². The molecule has 5 aliphatic rings. The fraction of sp³-hybridized carbons (Fsp3) is 1.00. The predicted octanol–water partition coefficient (Wildman–Crippen LogP) is -3.62. The Balaban J connectivity index is 1.36. The minimum absolute atomic E-state index is 0.0712. The Morgan fingerprint density at radius 2 is 1.27 bits per heavy atom. The van der Waals surface area contributed by atoms with Gasteiger partial charge in [-0.2, -0.15) is 0 Å². The zero-order valence-electron chi connectivity index (χ0n) is 23.2. The Bertz CT molecular complexity index is 841. The quantitative estimate of drug-likeness (QED) is 0.135. The van der Waals surface area contributed by atoms with Crippen molar-refractivity contribution in [2.45, 2.75) is 150 Å². The maximum absolute atomic E-state index is 10.7. The van der Waals surface area contributed by atoms with Crippen LogP contribution < -0.4 is 0 Å². The SMILES string of the molecule is C[C@@H]1O[C@H](OC2CC3C(O[C@H]4O[C@@H](CO)[C@H](O)[C@H](O)[C@@H]4O)CC(O)CC3[OH+]C2C2CCC(O)CC2)[C@@H](O)[C@@H](O)[C@H]1O. The molecule has 238 valence electrons. The Morgan fingerprint density at radius 1 is 0.659 bits per heavy atom. The van der Waals surface area contributed by atoms with Crippen molar-refractivity contribution in [2.75, 3.05) is 6.61 Å². The molecule has 10 N–H and O–H groups in total. The number of fused-ring (bicyclic) bond motifs is 1. The second-order valence-corrected chi connectivity index (χ2v) is 12.5. The van der Waals surface area contributed by atoms with E-state index in [2.05, 4.69) is 0 Å². The van der Waals surface area contributed by atoms with Gasteiger partial charge in [0.25, 0.3) is 0 Å². The van der Waals surface area contributed by atoms with Crippen LogP contribution in [0.2, 0.25) is 0 Å². The lowest BCUT2D eigenvalue weighted by atomic mass is 9.73. The highest BCUT2D eigenvalue weighted by Gasteiger charge is 2.56. The van der Waals surface area contributed by atoms with Crippen LogP contribution in [0.5, 0.6) is 0 Å². The highest BCUT2D eigenvalue weighted by Crippen LogP contribution is 2.43. The van der Waals surface area contributed by atoms with E-state index in [4.69, 9.17) is 23.7 Å². The second kappa shape index (κ2) is 13.2. The summed E-state index contributed by atoms with van der Waals surface area (Å²) in [6.45, 7) is 0.972. The van der Waals surface area contributed by atoms with Gasteiger partial charge in [-0.15, -0.1) is 0 Å². The van der Waals surface area contributed by atoms with Gasteiger partial charge in [0.05, 0.1) is 36.9 Å². The van der Waals surface area contributed by atoms with Gasteiger partial charge in [-0.05, 0) is 39.0 Å². The highest BCUT2D eigenvalue weighted by molar-refractivity contribution is 4.99. The van der Waals surface area contributed by atoms with Crippen LogP contribution in [-0.2, 0) is 18.9 Å². The Morgan fingerprint density at radius 3 is 1.93 bits per heavy atom. The number of ether oxygens (including phenoxy) is 5. The van der Waals surface area contributed by atoms with E-state index in [1.807, 2.05) is 0 Å². The average molecular weight is 596 g/mol. The smallest absolute Gasteiger partial charge is 0.187 e. The minimum Gasteiger partial charge on any atom is -0.427 e. The van der Waals surface area contributed by atoms with E-state index in [9.17, 15) is 46.0 Å². The summed E-state index contributed by atoms with van der Waals surface area (Å²) in [4.78, 5) is 0. The predicted molar refractivity (Wildman–Crippen MR) is 137 cm³/mol. The first-order chi connectivity index (χ1) is 19.5. The molecule has 0 aromatic carbocycles.